The number of hydrogen-bond acceptors (Lipinski definition) is 4. The van der Waals surface area contributed by atoms with Gasteiger partial charge in [-0.2, -0.15) is 0 Å². The quantitative estimate of drug-likeness (QED) is 0.914. The minimum absolute atomic E-state index is 0.0916. The normalized spacial score (nSPS) is 12.4. The highest BCUT2D eigenvalue weighted by atomic mass is 16.2. The van der Waals surface area contributed by atoms with Crippen LogP contribution in [-0.2, 0) is 11.3 Å². The van der Waals surface area contributed by atoms with Gasteiger partial charge in [0.15, 0.2) is 0 Å². The summed E-state index contributed by atoms with van der Waals surface area (Å²) in [6.07, 6.45) is 1.06. The van der Waals surface area contributed by atoms with E-state index in [1.54, 1.807) is 18.2 Å². The van der Waals surface area contributed by atoms with E-state index in [0.29, 0.717) is 10.9 Å². The number of amides is 1. The summed E-state index contributed by atoms with van der Waals surface area (Å²) in [6.45, 7) is 10.7. The fourth-order valence-corrected chi connectivity index (χ4v) is 3.19. The van der Waals surface area contributed by atoms with E-state index in [0.717, 1.165) is 6.42 Å². The van der Waals surface area contributed by atoms with Crippen LogP contribution in [0.2, 0.25) is 0 Å². The van der Waals surface area contributed by atoms with Crippen LogP contribution in [0.4, 0.5) is 0 Å². The average molecular weight is 330 g/mol. The average Bonchev–Trinajstić information content (AvgIpc) is 2.43. The number of fused-ring (bicyclic) bond motifs is 1. The first-order chi connectivity index (χ1) is 11.1. The van der Waals surface area contributed by atoms with Crippen molar-refractivity contribution in [2.45, 2.75) is 59.5 Å². The third-order valence-corrected chi connectivity index (χ3v) is 3.63. The molecule has 24 heavy (non-hydrogen) atoms. The van der Waals surface area contributed by atoms with Crippen LogP contribution in [0.5, 0.6) is 0 Å². The number of benzene rings is 1. The first-order valence-corrected chi connectivity index (χ1v) is 8.21. The van der Waals surface area contributed by atoms with Crippen molar-refractivity contribution in [2.24, 2.45) is 5.41 Å². The van der Waals surface area contributed by atoms with Crippen molar-refractivity contribution in [3.8, 4) is 0 Å². The van der Waals surface area contributed by atoms with E-state index < -0.39 is 0 Å². The van der Waals surface area contributed by atoms with E-state index in [1.807, 2.05) is 19.9 Å². The fourth-order valence-electron chi connectivity index (χ4n) is 3.19. The molecule has 0 bridgehead atoms. The molecular formula is C18H26N4O2. The molecule has 0 aliphatic heterocycles. The summed E-state index contributed by atoms with van der Waals surface area (Å²) in [4.78, 5) is 24.6. The lowest BCUT2D eigenvalue weighted by Crippen LogP contribution is -2.46. The predicted molar refractivity (Wildman–Crippen MR) is 94.7 cm³/mol. The molecule has 0 aliphatic rings. The Kier molecular flexibility index (Phi) is 5.06. The monoisotopic (exact) mass is 330 g/mol. The lowest BCUT2D eigenvalue weighted by Gasteiger charge is -2.33. The lowest BCUT2D eigenvalue weighted by atomic mass is 9.82. The number of aromatic nitrogens is 3. The summed E-state index contributed by atoms with van der Waals surface area (Å²) in [6, 6.07) is 7.06. The van der Waals surface area contributed by atoms with Crippen LogP contribution >= 0.6 is 0 Å². The Morgan fingerprint density at radius 3 is 2.50 bits per heavy atom. The third kappa shape index (κ3) is 4.88. The van der Waals surface area contributed by atoms with E-state index in [2.05, 4.69) is 36.4 Å². The molecule has 2 rings (SSSR count). The Bertz CT molecular complexity index is 787. The van der Waals surface area contributed by atoms with Crippen LogP contribution in [0.15, 0.2) is 29.1 Å². The molecule has 2 aromatic rings. The zero-order valence-electron chi connectivity index (χ0n) is 15.1. The minimum Gasteiger partial charge on any atom is -0.351 e. The molecule has 6 nitrogen and oxygen atoms in total. The molecule has 1 aromatic heterocycles. The van der Waals surface area contributed by atoms with Crippen molar-refractivity contribution < 1.29 is 4.79 Å². The Morgan fingerprint density at radius 2 is 1.83 bits per heavy atom. The summed E-state index contributed by atoms with van der Waals surface area (Å²) >= 11 is 0. The van der Waals surface area contributed by atoms with Crippen LogP contribution in [0.25, 0.3) is 10.9 Å². The second-order valence-corrected chi connectivity index (χ2v) is 8.05. The number of carbonyl (C=O) groups is 1. The molecule has 0 saturated carbocycles. The van der Waals surface area contributed by atoms with Gasteiger partial charge < -0.3 is 5.32 Å². The molecule has 1 amide bonds. The summed E-state index contributed by atoms with van der Waals surface area (Å²) in [5.74, 6) is -0.0916. The first-order valence-electron chi connectivity index (χ1n) is 8.21. The van der Waals surface area contributed by atoms with Crippen LogP contribution in [0.3, 0.4) is 0 Å². The van der Waals surface area contributed by atoms with Crippen molar-refractivity contribution in [3.63, 3.8) is 0 Å². The van der Waals surface area contributed by atoms with Gasteiger partial charge in [-0.05, 0) is 37.8 Å². The number of nitrogens with one attached hydrogen (secondary N) is 1. The molecule has 1 N–H and O–H groups in total. The molecule has 0 unspecified atom stereocenters. The smallest absolute Gasteiger partial charge is 0.277 e. The van der Waals surface area contributed by atoms with Gasteiger partial charge in [0, 0.05) is 12.0 Å². The van der Waals surface area contributed by atoms with E-state index >= 15 is 0 Å². The number of carbonyl (C=O) groups excluding carboxylic acids is 1. The third-order valence-electron chi connectivity index (χ3n) is 3.63. The van der Waals surface area contributed by atoms with Crippen LogP contribution < -0.4 is 10.9 Å². The summed E-state index contributed by atoms with van der Waals surface area (Å²) in [5.41, 5.74) is 0.171. The maximum atomic E-state index is 12.3. The van der Waals surface area contributed by atoms with Gasteiger partial charge in [-0.25, -0.2) is 4.68 Å². The van der Waals surface area contributed by atoms with Gasteiger partial charge in [-0.15, -0.1) is 5.10 Å². The van der Waals surface area contributed by atoms with Crippen molar-refractivity contribution >= 4 is 16.8 Å². The topological polar surface area (TPSA) is 76.9 Å². The van der Waals surface area contributed by atoms with E-state index in [9.17, 15) is 9.59 Å². The maximum Gasteiger partial charge on any atom is 0.277 e. The number of aryl methyl sites for hydroxylation is 1. The zero-order chi connectivity index (χ0) is 18.0. The first kappa shape index (κ1) is 18.1. The molecule has 0 fully saturated rings. The second kappa shape index (κ2) is 6.71. The molecule has 1 heterocycles. The second-order valence-electron chi connectivity index (χ2n) is 8.05. The molecule has 0 saturated heterocycles. The molecule has 6 heteroatoms. The minimum atomic E-state index is -0.296. The molecule has 0 aliphatic carbocycles. The fraction of sp³-hybridized carbons (Fsp3) is 0.556. The van der Waals surface area contributed by atoms with Crippen LogP contribution in [0, 0.1) is 5.41 Å². The van der Waals surface area contributed by atoms with Crippen LogP contribution in [0.1, 0.15) is 47.5 Å². The number of hydrogen-bond donors (Lipinski definition) is 1. The van der Waals surface area contributed by atoms with Gasteiger partial charge in [0.25, 0.3) is 5.56 Å². The van der Waals surface area contributed by atoms with Crippen molar-refractivity contribution in [1.29, 1.82) is 0 Å². The summed E-state index contributed by atoms with van der Waals surface area (Å²) in [5, 5.41) is 11.5. The standard InChI is InChI=1S/C18H26N4O2/c1-17(2,3)12-18(4,5)19-15(23)10-11-22-16(24)13-8-6-7-9-14(13)20-21-22/h6-9H,10-12H2,1-5H3,(H,19,23). The van der Waals surface area contributed by atoms with Crippen molar-refractivity contribution in [1.82, 2.24) is 20.3 Å². The van der Waals surface area contributed by atoms with Gasteiger partial charge in [-0.1, -0.05) is 38.1 Å². The highest BCUT2D eigenvalue weighted by Gasteiger charge is 2.26. The van der Waals surface area contributed by atoms with Gasteiger partial charge in [0.1, 0.15) is 5.52 Å². The molecule has 0 atom stereocenters. The van der Waals surface area contributed by atoms with E-state index in [1.165, 1.54) is 4.68 Å². The molecule has 0 spiro atoms. The summed E-state index contributed by atoms with van der Waals surface area (Å²) in [7, 11) is 0. The maximum absolute atomic E-state index is 12.3. The Labute approximate surface area is 142 Å². The van der Waals surface area contributed by atoms with Gasteiger partial charge >= 0.3 is 0 Å². The van der Waals surface area contributed by atoms with E-state index in [-0.39, 0.29) is 35.4 Å². The SMILES string of the molecule is CC(C)(C)CC(C)(C)NC(=O)CCn1nnc2ccccc2c1=O. The largest absolute Gasteiger partial charge is 0.351 e. The molecule has 0 radical (unpaired) electrons. The number of rotatable bonds is 5. The Balaban J connectivity index is 2.02. The number of nitrogens with zero attached hydrogens (tertiary/aromatic N) is 3. The van der Waals surface area contributed by atoms with Gasteiger partial charge in [0.05, 0.1) is 11.9 Å². The van der Waals surface area contributed by atoms with E-state index in [4.69, 9.17) is 0 Å². The lowest BCUT2D eigenvalue weighted by molar-refractivity contribution is -0.123. The Hall–Kier alpha value is -2.24. The molecule has 130 valence electrons. The highest BCUT2D eigenvalue weighted by Crippen LogP contribution is 2.26. The van der Waals surface area contributed by atoms with Crippen LogP contribution in [-0.4, -0.2) is 26.4 Å². The van der Waals surface area contributed by atoms with Crippen molar-refractivity contribution in [3.05, 3.63) is 34.6 Å². The molecule has 1 aromatic carbocycles. The van der Waals surface area contributed by atoms with Gasteiger partial charge in [0.2, 0.25) is 5.91 Å². The van der Waals surface area contributed by atoms with Gasteiger partial charge in [-0.3, -0.25) is 9.59 Å². The molecular weight excluding hydrogens is 304 g/mol. The summed E-state index contributed by atoms with van der Waals surface area (Å²) < 4.78 is 1.25. The zero-order valence-corrected chi connectivity index (χ0v) is 15.1. The Morgan fingerprint density at radius 1 is 1.17 bits per heavy atom. The predicted octanol–water partition coefficient (Wildman–Crippen LogP) is 2.51. The highest BCUT2D eigenvalue weighted by molar-refractivity contribution is 5.77. The van der Waals surface area contributed by atoms with Crippen molar-refractivity contribution in [2.75, 3.05) is 0 Å².